The van der Waals surface area contributed by atoms with Crippen molar-refractivity contribution in [2.45, 2.75) is 65.8 Å². The minimum atomic E-state index is 0.00125. The number of amides is 2. The van der Waals surface area contributed by atoms with Crippen LogP contribution in [-0.2, 0) is 9.59 Å². The van der Waals surface area contributed by atoms with Crippen molar-refractivity contribution in [2.24, 2.45) is 11.8 Å². The number of hydrogen-bond donors (Lipinski definition) is 1. The Hall–Kier alpha value is -1.06. The molecule has 0 bridgehead atoms. The Labute approximate surface area is 123 Å². The zero-order chi connectivity index (χ0) is 15.1. The summed E-state index contributed by atoms with van der Waals surface area (Å²) in [6, 6.07) is 0.121. The second kappa shape index (κ2) is 8.28. The Balaban J connectivity index is 2.63. The van der Waals surface area contributed by atoms with Gasteiger partial charge in [-0.05, 0) is 18.8 Å². The number of nitrogens with zero attached hydrogens (tertiary/aromatic N) is 1. The minimum Gasteiger partial charge on any atom is -0.351 e. The van der Waals surface area contributed by atoms with Crippen LogP contribution in [0.2, 0.25) is 0 Å². The van der Waals surface area contributed by atoms with Crippen molar-refractivity contribution in [3.63, 3.8) is 0 Å². The number of rotatable bonds is 6. The zero-order valence-electron chi connectivity index (χ0n) is 13.4. The molecule has 1 saturated heterocycles. The molecule has 1 heterocycles. The highest BCUT2D eigenvalue weighted by molar-refractivity contribution is 5.79. The molecule has 0 radical (unpaired) electrons. The first kappa shape index (κ1) is 17.0. The molecule has 4 heteroatoms. The lowest BCUT2D eigenvalue weighted by Crippen LogP contribution is -2.53. The molecule has 0 aliphatic carbocycles. The standard InChI is InChI=1S/C16H30N2O2/c1-5-7-8-13-9-14(17-16(20)12(3)4)11-18(10-13)15(19)6-2/h12-14H,5-11H2,1-4H3,(H,17,20). The molecule has 20 heavy (non-hydrogen) atoms. The van der Waals surface area contributed by atoms with Crippen molar-refractivity contribution in [1.29, 1.82) is 0 Å². The smallest absolute Gasteiger partial charge is 0.222 e. The van der Waals surface area contributed by atoms with E-state index in [1.54, 1.807) is 0 Å². The molecular weight excluding hydrogens is 252 g/mol. The van der Waals surface area contributed by atoms with Gasteiger partial charge >= 0.3 is 0 Å². The normalized spacial score (nSPS) is 22.9. The van der Waals surface area contributed by atoms with E-state index in [1.807, 2.05) is 25.7 Å². The summed E-state index contributed by atoms with van der Waals surface area (Å²) < 4.78 is 0. The molecule has 0 aromatic carbocycles. The predicted molar refractivity (Wildman–Crippen MR) is 81.3 cm³/mol. The topological polar surface area (TPSA) is 49.4 Å². The fourth-order valence-electron chi connectivity index (χ4n) is 2.81. The van der Waals surface area contributed by atoms with Crippen LogP contribution in [0, 0.1) is 11.8 Å². The predicted octanol–water partition coefficient (Wildman–Crippen LogP) is 2.58. The van der Waals surface area contributed by atoms with Crippen LogP contribution in [0.15, 0.2) is 0 Å². The van der Waals surface area contributed by atoms with Gasteiger partial charge in [0, 0.05) is 31.5 Å². The van der Waals surface area contributed by atoms with Crippen molar-refractivity contribution < 1.29 is 9.59 Å². The number of hydrogen-bond acceptors (Lipinski definition) is 2. The maximum Gasteiger partial charge on any atom is 0.222 e. The summed E-state index contributed by atoms with van der Waals surface area (Å²) in [5.74, 6) is 0.822. The third-order valence-corrected chi connectivity index (χ3v) is 4.03. The van der Waals surface area contributed by atoms with E-state index in [9.17, 15) is 9.59 Å². The largest absolute Gasteiger partial charge is 0.351 e. The molecule has 0 saturated carbocycles. The van der Waals surface area contributed by atoms with Crippen LogP contribution in [0.1, 0.15) is 59.8 Å². The van der Waals surface area contributed by atoms with Crippen LogP contribution >= 0.6 is 0 Å². The number of nitrogens with one attached hydrogen (secondary N) is 1. The fraction of sp³-hybridized carbons (Fsp3) is 0.875. The molecule has 2 unspecified atom stereocenters. The summed E-state index contributed by atoms with van der Waals surface area (Å²) in [7, 11) is 0. The Morgan fingerprint density at radius 1 is 1.25 bits per heavy atom. The average molecular weight is 282 g/mol. The van der Waals surface area contributed by atoms with Crippen molar-refractivity contribution in [2.75, 3.05) is 13.1 Å². The number of carbonyl (C=O) groups is 2. The Morgan fingerprint density at radius 2 is 1.95 bits per heavy atom. The molecule has 2 amide bonds. The van der Waals surface area contributed by atoms with E-state index in [4.69, 9.17) is 0 Å². The van der Waals surface area contributed by atoms with E-state index in [-0.39, 0.29) is 23.8 Å². The lowest BCUT2D eigenvalue weighted by atomic mass is 9.89. The van der Waals surface area contributed by atoms with Crippen LogP contribution in [0.4, 0.5) is 0 Å². The molecule has 1 fully saturated rings. The monoisotopic (exact) mass is 282 g/mol. The molecule has 2 atom stereocenters. The highest BCUT2D eigenvalue weighted by Gasteiger charge is 2.30. The van der Waals surface area contributed by atoms with E-state index >= 15 is 0 Å². The van der Waals surface area contributed by atoms with E-state index in [1.165, 1.54) is 12.8 Å². The first-order chi connectivity index (χ1) is 9.47. The summed E-state index contributed by atoms with van der Waals surface area (Å²) in [6.45, 7) is 9.44. The van der Waals surface area contributed by atoms with Crippen LogP contribution < -0.4 is 5.32 Å². The molecule has 116 valence electrons. The summed E-state index contributed by atoms with van der Waals surface area (Å²) in [6.07, 6.45) is 5.08. The van der Waals surface area contributed by atoms with E-state index in [0.717, 1.165) is 19.4 Å². The summed E-state index contributed by atoms with van der Waals surface area (Å²) in [5.41, 5.74) is 0. The van der Waals surface area contributed by atoms with Crippen LogP contribution in [0.5, 0.6) is 0 Å². The van der Waals surface area contributed by atoms with Crippen molar-refractivity contribution in [1.82, 2.24) is 10.2 Å². The molecule has 4 nitrogen and oxygen atoms in total. The summed E-state index contributed by atoms with van der Waals surface area (Å²) in [4.78, 5) is 25.8. The number of carbonyl (C=O) groups excluding carboxylic acids is 2. The van der Waals surface area contributed by atoms with Crippen LogP contribution in [0.25, 0.3) is 0 Å². The van der Waals surface area contributed by atoms with E-state index in [0.29, 0.717) is 18.9 Å². The SMILES string of the molecule is CCCCC1CC(NC(=O)C(C)C)CN(C(=O)CC)C1. The lowest BCUT2D eigenvalue weighted by Gasteiger charge is -2.38. The van der Waals surface area contributed by atoms with Gasteiger partial charge in [-0.1, -0.05) is 40.5 Å². The second-order valence-electron chi connectivity index (χ2n) is 6.26. The molecule has 1 rings (SSSR count). The van der Waals surface area contributed by atoms with Gasteiger partial charge in [-0.2, -0.15) is 0 Å². The van der Waals surface area contributed by atoms with Gasteiger partial charge in [0.25, 0.3) is 0 Å². The van der Waals surface area contributed by atoms with Gasteiger partial charge in [-0.15, -0.1) is 0 Å². The first-order valence-corrected chi connectivity index (χ1v) is 8.06. The van der Waals surface area contributed by atoms with Gasteiger partial charge < -0.3 is 10.2 Å². The number of piperidine rings is 1. The summed E-state index contributed by atoms with van der Waals surface area (Å²) >= 11 is 0. The highest BCUT2D eigenvalue weighted by atomic mass is 16.2. The molecule has 1 N–H and O–H groups in total. The zero-order valence-corrected chi connectivity index (χ0v) is 13.4. The average Bonchev–Trinajstić information content (AvgIpc) is 2.43. The second-order valence-corrected chi connectivity index (χ2v) is 6.26. The van der Waals surface area contributed by atoms with Crippen LogP contribution in [0.3, 0.4) is 0 Å². The molecule has 0 spiro atoms. The van der Waals surface area contributed by atoms with Gasteiger partial charge in [0.15, 0.2) is 0 Å². The number of unbranched alkanes of at least 4 members (excludes halogenated alkanes) is 1. The Bertz CT molecular complexity index is 328. The van der Waals surface area contributed by atoms with Gasteiger partial charge in [0.1, 0.15) is 0 Å². The molecule has 0 aromatic rings. The Morgan fingerprint density at radius 3 is 2.50 bits per heavy atom. The molecule has 1 aliphatic rings. The minimum absolute atomic E-state index is 0.00125. The molecule has 0 aromatic heterocycles. The third kappa shape index (κ3) is 5.14. The van der Waals surface area contributed by atoms with E-state index < -0.39 is 0 Å². The third-order valence-electron chi connectivity index (χ3n) is 4.03. The maximum atomic E-state index is 12.0. The highest BCUT2D eigenvalue weighted by Crippen LogP contribution is 2.23. The number of likely N-dealkylation sites (tertiary alicyclic amines) is 1. The molecular formula is C16H30N2O2. The molecule has 1 aliphatic heterocycles. The summed E-state index contributed by atoms with van der Waals surface area (Å²) in [5, 5.41) is 3.10. The van der Waals surface area contributed by atoms with Gasteiger partial charge in [0.2, 0.25) is 11.8 Å². The van der Waals surface area contributed by atoms with E-state index in [2.05, 4.69) is 12.2 Å². The van der Waals surface area contributed by atoms with Gasteiger partial charge in [-0.3, -0.25) is 9.59 Å². The lowest BCUT2D eigenvalue weighted by molar-refractivity contribution is -0.134. The van der Waals surface area contributed by atoms with Crippen LogP contribution in [-0.4, -0.2) is 35.8 Å². The quantitative estimate of drug-likeness (QED) is 0.814. The van der Waals surface area contributed by atoms with Gasteiger partial charge in [-0.25, -0.2) is 0 Å². The van der Waals surface area contributed by atoms with Crippen molar-refractivity contribution in [3.05, 3.63) is 0 Å². The maximum absolute atomic E-state index is 12.0. The van der Waals surface area contributed by atoms with Crippen molar-refractivity contribution in [3.8, 4) is 0 Å². The van der Waals surface area contributed by atoms with Gasteiger partial charge in [0.05, 0.1) is 0 Å². The Kier molecular flexibility index (Phi) is 7.03. The van der Waals surface area contributed by atoms with Crippen molar-refractivity contribution >= 4 is 11.8 Å². The fourth-order valence-corrected chi connectivity index (χ4v) is 2.81. The first-order valence-electron chi connectivity index (χ1n) is 8.06.